The fraction of sp³-hybridized carbons (Fsp3) is 0.300. The van der Waals surface area contributed by atoms with Crippen molar-refractivity contribution < 1.29 is 23.6 Å². The lowest BCUT2D eigenvalue weighted by atomic mass is 10.2. The van der Waals surface area contributed by atoms with Crippen LogP contribution in [0.3, 0.4) is 0 Å². The van der Waals surface area contributed by atoms with Crippen LogP contribution in [-0.2, 0) is 17.9 Å². The van der Waals surface area contributed by atoms with Gasteiger partial charge >= 0.3 is 5.76 Å². The van der Waals surface area contributed by atoms with Gasteiger partial charge in [-0.1, -0.05) is 0 Å². The highest BCUT2D eigenvalue weighted by atomic mass is 16.6. The fourth-order valence-electron chi connectivity index (χ4n) is 3.06. The highest BCUT2D eigenvalue weighted by Crippen LogP contribution is 2.24. The Kier molecular flexibility index (Phi) is 6.35. The lowest BCUT2D eigenvalue weighted by molar-refractivity contribution is -0.384. The van der Waals surface area contributed by atoms with Crippen LogP contribution in [0.1, 0.15) is 18.4 Å². The molecule has 0 aliphatic rings. The summed E-state index contributed by atoms with van der Waals surface area (Å²) in [5.41, 5.74) is 1.25. The molecular weight excluding hydrogens is 394 g/mol. The number of hydrogen-bond acceptors (Lipinski definition) is 7. The highest BCUT2D eigenvalue weighted by molar-refractivity contribution is 5.76. The standard InChI is InChI=1S/C20H21N3O7/c1-28-15-7-5-13(17(11-15)29-2)12-21-19(24)4-3-9-22-16-8-6-14(23(26)27)10-18(16)30-20(22)25/h5-8,10-11H,3-4,9,12H2,1-2H3,(H,21,24). The van der Waals surface area contributed by atoms with Gasteiger partial charge in [0.1, 0.15) is 11.5 Å². The largest absolute Gasteiger partial charge is 0.497 e. The van der Waals surface area contributed by atoms with Crippen molar-refractivity contribution in [3.63, 3.8) is 0 Å². The molecule has 1 heterocycles. The van der Waals surface area contributed by atoms with E-state index in [2.05, 4.69) is 5.32 Å². The number of non-ortho nitro benzene ring substituents is 1. The minimum atomic E-state index is -0.617. The molecule has 0 saturated carbocycles. The minimum absolute atomic E-state index is 0.144. The van der Waals surface area contributed by atoms with E-state index in [1.54, 1.807) is 26.4 Å². The highest BCUT2D eigenvalue weighted by Gasteiger charge is 2.14. The summed E-state index contributed by atoms with van der Waals surface area (Å²) in [4.78, 5) is 34.5. The third-order valence-electron chi connectivity index (χ3n) is 4.62. The molecule has 1 amide bonds. The number of carbonyl (C=O) groups is 1. The van der Waals surface area contributed by atoms with Gasteiger partial charge in [-0.15, -0.1) is 0 Å². The number of ether oxygens (including phenoxy) is 2. The summed E-state index contributed by atoms with van der Waals surface area (Å²) in [5.74, 6) is 0.475. The van der Waals surface area contributed by atoms with Crippen molar-refractivity contribution in [2.75, 3.05) is 14.2 Å². The summed E-state index contributed by atoms with van der Waals surface area (Å²) in [6.45, 7) is 0.549. The number of amides is 1. The van der Waals surface area contributed by atoms with Crippen molar-refractivity contribution in [3.8, 4) is 11.5 Å². The van der Waals surface area contributed by atoms with Crippen LogP contribution < -0.4 is 20.5 Å². The fourth-order valence-corrected chi connectivity index (χ4v) is 3.06. The second kappa shape index (κ2) is 9.12. The van der Waals surface area contributed by atoms with Crippen molar-refractivity contribution in [2.24, 2.45) is 0 Å². The molecule has 1 N–H and O–H groups in total. The van der Waals surface area contributed by atoms with E-state index >= 15 is 0 Å². The van der Waals surface area contributed by atoms with Crippen molar-refractivity contribution in [3.05, 3.63) is 62.6 Å². The number of aryl methyl sites for hydroxylation is 1. The molecule has 1 aromatic heterocycles. The van der Waals surface area contributed by atoms with Crippen molar-refractivity contribution >= 4 is 22.7 Å². The van der Waals surface area contributed by atoms with Gasteiger partial charge in [-0.05, 0) is 24.6 Å². The molecule has 0 bridgehead atoms. The van der Waals surface area contributed by atoms with Crippen LogP contribution in [0.25, 0.3) is 11.1 Å². The molecule has 0 atom stereocenters. The van der Waals surface area contributed by atoms with Gasteiger partial charge < -0.3 is 19.2 Å². The van der Waals surface area contributed by atoms with Crippen LogP contribution in [-0.4, -0.2) is 29.6 Å². The van der Waals surface area contributed by atoms with Gasteiger partial charge in [0, 0.05) is 37.2 Å². The first-order valence-electron chi connectivity index (χ1n) is 9.18. The molecule has 3 rings (SSSR count). The molecule has 0 unspecified atom stereocenters. The van der Waals surface area contributed by atoms with E-state index in [4.69, 9.17) is 13.9 Å². The van der Waals surface area contributed by atoms with Crippen LogP contribution in [0.4, 0.5) is 5.69 Å². The Morgan fingerprint density at radius 3 is 2.70 bits per heavy atom. The molecule has 0 spiro atoms. The molecule has 30 heavy (non-hydrogen) atoms. The van der Waals surface area contributed by atoms with Gasteiger partial charge in [0.2, 0.25) is 5.91 Å². The molecule has 158 valence electrons. The van der Waals surface area contributed by atoms with Gasteiger partial charge in [0.25, 0.3) is 5.69 Å². The van der Waals surface area contributed by atoms with Crippen LogP contribution >= 0.6 is 0 Å². The van der Waals surface area contributed by atoms with E-state index in [0.717, 1.165) is 5.56 Å². The lowest BCUT2D eigenvalue weighted by Crippen LogP contribution is -2.23. The van der Waals surface area contributed by atoms with Gasteiger partial charge in [-0.25, -0.2) is 4.79 Å². The van der Waals surface area contributed by atoms with Crippen LogP contribution in [0.2, 0.25) is 0 Å². The number of hydrogen-bond donors (Lipinski definition) is 1. The Labute approximate surface area is 171 Å². The van der Waals surface area contributed by atoms with E-state index in [0.29, 0.717) is 30.0 Å². The maximum absolute atomic E-state index is 12.2. The summed E-state index contributed by atoms with van der Waals surface area (Å²) in [7, 11) is 3.10. The molecule has 10 nitrogen and oxygen atoms in total. The summed E-state index contributed by atoms with van der Waals surface area (Å²) in [5, 5.41) is 13.7. The Hall–Kier alpha value is -3.82. The number of benzene rings is 2. The number of nitrogens with one attached hydrogen (secondary N) is 1. The first kappa shape index (κ1) is 20.9. The SMILES string of the molecule is COc1ccc(CNC(=O)CCCn2c(=O)oc3cc([N+](=O)[O-])ccc32)c(OC)c1. The Morgan fingerprint density at radius 1 is 1.20 bits per heavy atom. The molecule has 3 aromatic rings. The predicted octanol–water partition coefficient (Wildman–Crippen LogP) is 2.62. The smallest absolute Gasteiger partial charge is 0.419 e. The molecule has 0 aliphatic carbocycles. The summed E-state index contributed by atoms with van der Waals surface area (Å²) < 4.78 is 16.9. The lowest BCUT2D eigenvalue weighted by Gasteiger charge is -2.11. The molecular formula is C20H21N3O7. The maximum atomic E-state index is 12.2. The first-order chi connectivity index (χ1) is 14.4. The van der Waals surface area contributed by atoms with Crippen molar-refractivity contribution in [2.45, 2.75) is 25.9 Å². The summed E-state index contributed by atoms with van der Waals surface area (Å²) >= 11 is 0. The molecule has 2 aromatic carbocycles. The summed E-state index contributed by atoms with van der Waals surface area (Å²) in [6.07, 6.45) is 0.599. The Bertz CT molecular complexity index is 1130. The van der Waals surface area contributed by atoms with Gasteiger partial charge in [0.15, 0.2) is 5.58 Å². The molecule has 0 radical (unpaired) electrons. The van der Waals surface area contributed by atoms with Crippen LogP contribution in [0.15, 0.2) is 45.6 Å². The second-order valence-electron chi connectivity index (χ2n) is 6.49. The number of nitro benzene ring substituents is 1. The average molecular weight is 415 g/mol. The number of nitrogens with zero attached hydrogens (tertiary/aromatic N) is 2. The summed E-state index contributed by atoms with van der Waals surface area (Å²) in [6, 6.07) is 9.32. The molecule has 0 fully saturated rings. The number of fused-ring (bicyclic) bond motifs is 1. The maximum Gasteiger partial charge on any atom is 0.419 e. The third-order valence-corrected chi connectivity index (χ3v) is 4.62. The third kappa shape index (κ3) is 4.59. The van der Waals surface area contributed by atoms with Gasteiger partial charge in [-0.3, -0.25) is 19.5 Å². The van der Waals surface area contributed by atoms with E-state index in [-0.39, 0.29) is 30.1 Å². The average Bonchev–Trinajstić information content (AvgIpc) is 3.06. The zero-order valence-corrected chi connectivity index (χ0v) is 16.5. The number of methoxy groups -OCH3 is 2. The second-order valence-corrected chi connectivity index (χ2v) is 6.49. The van der Waals surface area contributed by atoms with Crippen molar-refractivity contribution in [1.82, 2.24) is 9.88 Å². The van der Waals surface area contributed by atoms with Crippen LogP contribution in [0.5, 0.6) is 11.5 Å². The number of carbonyl (C=O) groups excluding carboxylic acids is 1. The van der Waals surface area contributed by atoms with E-state index < -0.39 is 10.7 Å². The monoisotopic (exact) mass is 415 g/mol. The van der Waals surface area contributed by atoms with Crippen LogP contribution in [0, 0.1) is 10.1 Å². The number of rotatable bonds is 9. The van der Waals surface area contributed by atoms with Gasteiger partial charge in [-0.2, -0.15) is 0 Å². The number of nitro groups is 1. The van der Waals surface area contributed by atoms with Crippen molar-refractivity contribution in [1.29, 1.82) is 0 Å². The first-order valence-corrected chi connectivity index (χ1v) is 9.18. The quantitative estimate of drug-likeness (QED) is 0.420. The number of oxazole rings is 1. The predicted molar refractivity (Wildman–Crippen MR) is 108 cm³/mol. The molecule has 0 saturated heterocycles. The van der Waals surface area contributed by atoms with E-state index in [9.17, 15) is 19.7 Å². The molecule has 10 heteroatoms. The van der Waals surface area contributed by atoms with Gasteiger partial charge in [0.05, 0.1) is 30.7 Å². The number of aromatic nitrogens is 1. The minimum Gasteiger partial charge on any atom is -0.497 e. The topological polar surface area (TPSA) is 126 Å². The molecule has 0 aliphatic heterocycles. The zero-order chi connectivity index (χ0) is 21.7. The van der Waals surface area contributed by atoms with E-state index in [1.807, 2.05) is 6.07 Å². The Morgan fingerprint density at radius 2 is 2.00 bits per heavy atom. The Balaban J connectivity index is 1.57. The zero-order valence-electron chi connectivity index (χ0n) is 16.5. The van der Waals surface area contributed by atoms with E-state index in [1.165, 1.54) is 22.8 Å². The normalized spacial score (nSPS) is 10.7.